The highest BCUT2D eigenvalue weighted by Crippen LogP contribution is 2.26. The van der Waals surface area contributed by atoms with Gasteiger partial charge in [-0.1, -0.05) is 18.7 Å². The Morgan fingerprint density at radius 3 is 2.39 bits per heavy atom. The molecule has 2 heterocycles. The maximum atomic E-state index is 12.6. The van der Waals surface area contributed by atoms with Crippen LogP contribution in [0.25, 0.3) is 11.1 Å². The zero-order valence-electron chi connectivity index (χ0n) is 17.9. The standard InChI is InChI=1S/C21H23N3O6S3/c1-2-32(26,27)17-9-10-19-18(13-17)23-21(30-19)31-14-20(25)22-15-5-7-16(8-6-15)33(28,29)24-11-3-4-12-24/h5-10,13H,2-4,11-12,14H2,1H3,(H,22,25). The minimum Gasteiger partial charge on any atom is -0.431 e. The molecule has 0 saturated carbocycles. The first-order chi connectivity index (χ1) is 15.7. The Labute approximate surface area is 196 Å². The van der Waals surface area contributed by atoms with E-state index < -0.39 is 19.9 Å². The number of nitrogens with one attached hydrogen (secondary N) is 1. The highest BCUT2D eigenvalue weighted by atomic mass is 32.2. The van der Waals surface area contributed by atoms with Crippen molar-refractivity contribution in [2.24, 2.45) is 0 Å². The molecule has 3 aromatic rings. The van der Waals surface area contributed by atoms with Gasteiger partial charge in [-0.3, -0.25) is 4.79 Å². The summed E-state index contributed by atoms with van der Waals surface area (Å²) in [6.45, 7) is 2.63. The van der Waals surface area contributed by atoms with Crippen molar-refractivity contribution in [3.05, 3.63) is 42.5 Å². The van der Waals surface area contributed by atoms with Gasteiger partial charge in [0.2, 0.25) is 15.9 Å². The molecule has 12 heteroatoms. The van der Waals surface area contributed by atoms with Crippen molar-refractivity contribution < 1.29 is 26.0 Å². The van der Waals surface area contributed by atoms with Crippen LogP contribution in [0.3, 0.4) is 0 Å². The van der Waals surface area contributed by atoms with Crippen LogP contribution in [0.5, 0.6) is 0 Å². The molecule has 176 valence electrons. The molecule has 9 nitrogen and oxygen atoms in total. The molecular formula is C21H23N3O6S3. The molecular weight excluding hydrogens is 486 g/mol. The van der Waals surface area contributed by atoms with Crippen LogP contribution in [-0.4, -0.2) is 56.6 Å². The van der Waals surface area contributed by atoms with Crippen molar-refractivity contribution in [2.75, 3.05) is 29.9 Å². The molecule has 0 radical (unpaired) electrons. The van der Waals surface area contributed by atoms with Crippen molar-refractivity contribution >= 4 is 54.3 Å². The fourth-order valence-electron chi connectivity index (χ4n) is 3.42. The molecule has 0 aliphatic carbocycles. The van der Waals surface area contributed by atoms with Gasteiger partial charge in [0, 0.05) is 18.8 Å². The number of benzene rings is 2. The molecule has 1 aliphatic heterocycles. The molecule has 1 saturated heterocycles. The molecule has 1 fully saturated rings. The quantitative estimate of drug-likeness (QED) is 0.459. The molecule has 0 unspecified atom stereocenters. The van der Waals surface area contributed by atoms with Crippen molar-refractivity contribution in [1.82, 2.24) is 9.29 Å². The lowest BCUT2D eigenvalue weighted by atomic mass is 10.3. The van der Waals surface area contributed by atoms with E-state index in [1.165, 1.54) is 28.6 Å². The van der Waals surface area contributed by atoms with Gasteiger partial charge in [-0.25, -0.2) is 21.8 Å². The Morgan fingerprint density at radius 1 is 1.06 bits per heavy atom. The fourth-order valence-corrected chi connectivity index (χ4v) is 6.48. The van der Waals surface area contributed by atoms with Crippen molar-refractivity contribution in [3.63, 3.8) is 0 Å². The Bertz CT molecular complexity index is 1380. The first kappa shape index (κ1) is 23.7. The highest BCUT2D eigenvalue weighted by molar-refractivity contribution is 7.99. The van der Waals surface area contributed by atoms with E-state index in [9.17, 15) is 21.6 Å². The van der Waals surface area contributed by atoms with Crippen LogP contribution in [0, 0.1) is 0 Å². The summed E-state index contributed by atoms with van der Waals surface area (Å²) in [4.78, 5) is 16.9. The van der Waals surface area contributed by atoms with Crippen LogP contribution < -0.4 is 5.32 Å². The van der Waals surface area contributed by atoms with Gasteiger partial charge >= 0.3 is 0 Å². The van der Waals surface area contributed by atoms with E-state index >= 15 is 0 Å². The average Bonchev–Trinajstić information content (AvgIpc) is 3.48. The molecule has 0 atom stereocenters. The smallest absolute Gasteiger partial charge is 0.257 e. The number of aromatic nitrogens is 1. The summed E-state index contributed by atoms with van der Waals surface area (Å²) in [5, 5.41) is 2.96. The molecule has 0 spiro atoms. The number of sulfone groups is 1. The number of fused-ring (bicyclic) bond motifs is 1. The van der Waals surface area contributed by atoms with E-state index in [0.29, 0.717) is 29.9 Å². The minimum atomic E-state index is -3.50. The summed E-state index contributed by atoms with van der Waals surface area (Å²) in [5.74, 6) is -0.309. The number of anilines is 1. The fraction of sp³-hybridized carbons (Fsp3) is 0.333. The average molecular weight is 510 g/mol. The topological polar surface area (TPSA) is 127 Å². The third-order valence-electron chi connectivity index (χ3n) is 5.25. The Balaban J connectivity index is 1.37. The zero-order valence-corrected chi connectivity index (χ0v) is 20.3. The van der Waals surface area contributed by atoms with Gasteiger partial charge in [0.25, 0.3) is 5.22 Å². The second kappa shape index (κ2) is 9.45. The number of thioether (sulfide) groups is 1. The predicted molar refractivity (Wildman–Crippen MR) is 126 cm³/mol. The molecule has 1 aliphatic rings. The van der Waals surface area contributed by atoms with E-state index in [0.717, 1.165) is 24.6 Å². The van der Waals surface area contributed by atoms with Gasteiger partial charge in [0.1, 0.15) is 5.52 Å². The molecule has 33 heavy (non-hydrogen) atoms. The second-order valence-electron chi connectivity index (χ2n) is 7.49. The first-order valence-corrected chi connectivity index (χ1v) is 14.4. The lowest BCUT2D eigenvalue weighted by Gasteiger charge is -2.15. The van der Waals surface area contributed by atoms with Crippen LogP contribution in [0.4, 0.5) is 5.69 Å². The van der Waals surface area contributed by atoms with Gasteiger partial charge in [-0.15, -0.1) is 0 Å². The molecule has 1 amide bonds. The summed E-state index contributed by atoms with van der Waals surface area (Å²) >= 11 is 1.08. The Kier molecular flexibility index (Phi) is 6.80. The van der Waals surface area contributed by atoms with E-state index in [2.05, 4.69) is 10.3 Å². The third-order valence-corrected chi connectivity index (χ3v) is 9.72. The maximum Gasteiger partial charge on any atom is 0.257 e. The summed E-state index contributed by atoms with van der Waals surface area (Å²) in [7, 11) is -6.85. The van der Waals surface area contributed by atoms with Gasteiger partial charge in [0.15, 0.2) is 15.4 Å². The van der Waals surface area contributed by atoms with Crippen molar-refractivity contribution in [3.8, 4) is 0 Å². The first-order valence-electron chi connectivity index (χ1n) is 10.4. The minimum absolute atomic E-state index is 0.0106. The lowest BCUT2D eigenvalue weighted by molar-refractivity contribution is -0.113. The van der Waals surface area contributed by atoms with E-state index in [1.54, 1.807) is 25.1 Å². The van der Waals surface area contributed by atoms with Gasteiger partial charge in [0.05, 0.1) is 21.3 Å². The van der Waals surface area contributed by atoms with Crippen LogP contribution in [0.15, 0.2) is 61.9 Å². The normalized spacial score (nSPS) is 15.2. The molecule has 0 bridgehead atoms. The molecule has 2 aromatic carbocycles. The Morgan fingerprint density at radius 2 is 1.73 bits per heavy atom. The number of carbonyl (C=O) groups excluding carboxylic acids is 1. The van der Waals surface area contributed by atoms with Gasteiger partial charge in [-0.2, -0.15) is 4.31 Å². The number of hydrogen-bond donors (Lipinski definition) is 1. The summed E-state index contributed by atoms with van der Waals surface area (Å²) < 4.78 is 56.3. The molecule has 1 N–H and O–H groups in total. The largest absolute Gasteiger partial charge is 0.431 e. The van der Waals surface area contributed by atoms with E-state index in [4.69, 9.17) is 4.42 Å². The Hall–Kier alpha value is -2.41. The number of oxazole rings is 1. The van der Waals surface area contributed by atoms with Crippen LogP contribution in [-0.2, 0) is 24.7 Å². The lowest BCUT2D eigenvalue weighted by Crippen LogP contribution is -2.27. The number of carbonyl (C=O) groups is 1. The monoisotopic (exact) mass is 509 g/mol. The molecule has 4 rings (SSSR count). The number of rotatable bonds is 8. The number of sulfonamides is 1. The number of nitrogens with zero attached hydrogens (tertiary/aromatic N) is 2. The SMILES string of the molecule is CCS(=O)(=O)c1ccc2oc(SCC(=O)Nc3ccc(S(=O)(=O)N4CCCC4)cc3)nc2c1. The van der Waals surface area contributed by atoms with Gasteiger partial charge in [-0.05, 0) is 55.3 Å². The maximum absolute atomic E-state index is 12.6. The summed E-state index contributed by atoms with van der Waals surface area (Å²) in [5.41, 5.74) is 1.32. The predicted octanol–water partition coefficient (Wildman–Crippen LogP) is 3.14. The molecule has 1 aromatic heterocycles. The summed E-state index contributed by atoms with van der Waals surface area (Å²) in [6, 6.07) is 10.6. The van der Waals surface area contributed by atoms with Crippen LogP contribution in [0.2, 0.25) is 0 Å². The number of amides is 1. The zero-order chi connectivity index (χ0) is 23.6. The van der Waals surface area contributed by atoms with Gasteiger partial charge < -0.3 is 9.73 Å². The number of hydrogen-bond acceptors (Lipinski definition) is 8. The van der Waals surface area contributed by atoms with Crippen LogP contribution in [0.1, 0.15) is 19.8 Å². The summed E-state index contributed by atoms with van der Waals surface area (Å²) in [6.07, 6.45) is 1.73. The van der Waals surface area contributed by atoms with Crippen LogP contribution >= 0.6 is 11.8 Å². The highest BCUT2D eigenvalue weighted by Gasteiger charge is 2.27. The van der Waals surface area contributed by atoms with E-state index in [-0.39, 0.29) is 32.4 Å². The third kappa shape index (κ3) is 5.24. The van der Waals surface area contributed by atoms with Crippen molar-refractivity contribution in [1.29, 1.82) is 0 Å². The van der Waals surface area contributed by atoms with Crippen molar-refractivity contribution in [2.45, 2.75) is 34.8 Å². The van der Waals surface area contributed by atoms with E-state index in [1.807, 2.05) is 0 Å². The second-order valence-corrected chi connectivity index (χ2v) is 12.6.